The van der Waals surface area contributed by atoms with Gasteiger partial charge in [-0.05, 0) is 5.92 Å². The summed E-state index contributed by atoms with van der Waals surface area (Å²) in [6.07, 6.45) is 1.71. The molecule has 76 valence electrons. The fourth-order valence-electron chi connectivity index (χ4n) is 1.25. The molecule has 3 nitrogen and oxygen atoms in total. The summed E-state index contributed by atoms with van der Waals surface area (Å²) in [5.41, 5.74) is 1.48. The second-order valence-corrected chi connectivity index (χ2v) is 3.52. The average Bonchev–Trinajstić information content (AvgIpc) is 2.16. The van der Waals surface area contributed by atoms with E-state index in [-0.39, 0.29) is 5.78 Å². The standard InChI is InChI=1S/C11H15NO2/c1-7(2)9-6-12-10(8(3)13)5-11(9)14-4/h5-7H,1-4H3. The molecule has 0 fully saturated rings. The van der Waals surface area contributed by atoms with Crippen LogP contribution in [0.15, 0.2) is 12.3 Å². The molecule has 1 rings (SSSR count). The van der Waals surface area contributed by atoms with Crippen molar-refractivity contribution in [3.63, 3.8) is 0 Å². The van der Waals surface area contributed by atoms with Crippen LogP contribution in [0.5, 0.6) is 5.75 Å². The van der Waals surface area contributed by atoms with Crippen molar-refractivity contribution in [2.24, 2.45) is 0 Å². The van der Waals surface area contributed by atoms with Crippen molar-refractivity contribution in [1.82, 2.24) is 4.98 Å². The number of ether oxygens (including phenoxy) is 1. The number of carbonyl (C=O) groups excluding carboxylic acids is 1. The largest absolute Gasteiger partial charge is 0.496 e. The van der Waals surface area contributed by atoms with Crippen LogP contribution >= 0.6 is 0 Å². The number of rotatable bonds is 3. The van der Waals surface area contributed by atoms with Gasteiger partial charge in [0.15, 0.2) is 5.78 Å². The Hall–Kier alpha value is -1.38. The molecule has 0 aliphatic rings. The molecule has 0 amide bonds. The predicted octanol–water partition coefficient (Wildman–Crippen LogP) is 2.42. The summed E-state index contributed by atoms with van der Waals surface area (Å²) in [7, 11) is 1.60. The van der Waals surface area contributed by atoms with Gasteiger partial charge in [-0.2, -0.15) is 0 Å². The molecule has 0 atom stereocenters. The van der Waals surface area contributed by atoms with E-state index in [1.807, 2.05) is 0 Å². The van der Waals surface area contributed by atoms with Gasteiger partial charge in [0.05, 0.1) is 7.11 Å². The zero-order valence-corrected chi connectivity index (χ0v) is 9.00. The fraction of sp³-hybridized carbons (Fsp3) is 0.455. The summed E-state index contributed by atoms with van der Waals surface area (Å²) < 4.78 is 5.21. The number of aromatic nitrogens is 1. The molecule has 0 saturated carbocycles. The predicted molar refractivity (Wildman–Crippen MR) is 54.9 cm³/mol. The second kappa shape index (κ2) is 4.22. The van der Waals surface area contributed by atoms with E-state index < -0.39 is 0 Å². The highest BCUT2D eigenvalue weighted by Crippen LogP contribution is 2.25. The van der Waals surface area contributed by atoms with E-state index in [4.69, 9.17) is 4.74 Å². The number of hydrogen-bond donors (Lipinski definition) is 0. The number of ketones is 1. The molecule has 0 bridgehead atoms. The van der Waals surface area contributed by atoms with E-state index in [2.05, 4.69) is 18.8 Å². The maximum atomic E-state index is 11.1. The minimum Gasteiger partial charge on any atom is -0.496 e. The Labute approximate surface area is 84.1 Å². The van der Waals surface area contributed by atoms with E-state index in [0.29, 0.717) is 11.6 Å². The van der Waals surface area contributed by atoms with Crippen LogP contribution < -0.4 is 4.74 Å². The summed E-state index contributed by atoms with van der Waals surface area (Å²) in [5.74, 6) is 1.04. The number of hydrogen-bond acceptors (Lipinski definition) is 3. The lowest BCUT2D eigenvalue weighted by Crippen LogP contribution is -2.01. The molecule has 0 unspecified atom stereocenters. The molecule has 1 heterocycles. The Kier molecular flexibility index (Phi) is 3.23. The van der Waals surface area contributed by atoms with Crippen LogP contribution in [0, 0.1) is 0 Å². The molecule has 0 radical (unpaired) electrons. The monoisotopic (exact) mass is 193 g/mol. The third-order valence-corrected chi connectivity index (χ3v) is 2.10. The molecule has 0 N–H and O–H groups in total. The highest BCUT2D eigenvalue weighted by Gasteiger charge is 2.10. The number of Topliss-reactive ketones (excluding diaryl/α,β-unsaturated/α-hetero) is 1. The molecule has 0 aromatic carbocycles. The summed E-state index contributed by atoms with van der Waals surface area (Å²) in [6.45, 7) is 5.62. The average molecular weight is 193 g/mol. The fourth-order valence-corrected chi connectivity index (χ4v) is 1.25. The minimum atomic E-state index is -0.0430. The molecule has 0 saturated heterocycles. The molecule has 1 aromatic rings. The zero-order chi connectivity index (χ0) is 10.7. The van der Waals surface area contributed by atoms with E-state index in [9.17, 15) is 4.79 Å². The van der Waals surface area contributed by atoms with Gasteiger partial charge in [-0.15, -0.1) is 0 Å². The summed E-state index contributed by atoms with van der Waals surface area (Å²) in [5, 5.41) is 0. The lowest BCUT2D eigenvalue weighted by Gasteiger charge is -2.11. The van der Waals surface area contributed by atoms with Crippen molar-refractivity contribution in [1.29, 1.82) is 0 Å². The van der Waals surface area contributed by atoms with Crippen molar-refractivity contribution in [3.8, 4) is 5.75 Å². The minimum absolute atomic E-state index is 0.0430. The van der Waals surface area contributed by atoms with Crippen LogP contribution in [0.1, 0.15) is 42.7 Å². The molecular weight excluding hydrogens is 178 g/mol. The maximum Gasteiger partial charge on any atom is 0.178 e. The van der Waals surface area contributed by atoms with Gasteiger partial charge < -0.3 is 4.74 Å². The van der Waals surface area contributed by atoms with Crippen molar-refractivity contribution in [2.75, 3.05) is 7.11 Å². The lowest BCUT2D eigenvalue weighted by molar-refractivity contribution is 0.101. The molecule has 1 aromatic heterocycles. The van der Waals surface area contributed by atoms with Crippen LogP contribution in [0.2, 0.25) is 0 Å². The van der Waals surface area contributed by atoms with Crippen molar-refractivity contribution < 1.29 is 9.53 Å². The highest BCUT2D eigenvalue weighted by molar-refractivity contribution is 5.92. The molecule has 0 aliphatic carbocycles. The van der Waals surface area contributed by atoms with Gasteiger partial charge in [-0.1, -0.05) is 13.8 Å². The van der Waals surface area contributed by atoms with E-state index in [1.165, 1.54) is 6.92 Å². The Morgan fingerprint density at radius 3 is 2.57 bits per heavy atom. The third-order valence-electron chi connectivity index (χ3n) is 2.10. The number of nitrogens with zero attached hydrogens (tertiary/aromatic N) is 1. The summed E-state index contributed by atoms with van der Waals surface area (Å²) in [6, 6.07) is 1.69. The van der Waals surface area contributed by atoms with Gasteiger partial charge >= 0.3 is 0 Å². The number of carbonyl (C=O) groups is 1. The summed E-state index contributed by atoms with van der Waals surface area (Å²) in [4.78, 5) is 15.2. The third kappa shape index (κ3) is 2.10. The molecule has 0 spiro atoms. The zero-order valence-electron chi connectivity index (χ0n) is 9.00. The number of methoxy groups -OCH3 is 1. The van der Waals surface area contributed by atoms with Crippen LogP contribution in [-0.4, -0.2) is 17.9 Å². The molecule has 0 aliphatic heterocycles. The Morgan fingerprint density at radius 1 is 1.50 bits per heavy atom. The van der Waals surface area contributed by atoms with E-state index >= 15 is 0 Å². The van der Waals surface area contributed by atoms with Gasteiger partial charge in [-0.3, -0.25) is 9.78 Å². The van der Waals surface area contributed by atoms with E-state index in [1.54, 1.807) is 19.4 Å². The van der Waals surface area contributed by atoms with Crippen LogP contribution in [-0.2, 0) is 0 Å². The quantitative estimate of drug-likeness (QED) is 0.692. The van der Waals surface area contributed by atoms with Gasteiger partial charge in [0.1, 0.15) is 11.4 Å². The van der Waals surface area contributed by atoms with E-state index in [0.717, 1.165) is 11.3 Å². The maximum absolute atomic E-state index is 11.1. The first-order valence-electron chi connectivity index (χ1n) is 4.61. The lowest BCUT2D eigenvalue weighted by atomic mass is 10.0. The second-order valence-electron chi connectivity index (χ2n) is 3.52. The smallest absolute Gasteiger partial charge is 0.178 e. The number of pyridine rings is 1. The molecule has 14 heavy (non-hydrogen) atoms. The Bertz CT molecular complexity index is 345. The van der Waals surface area contributed by atoms with Crippen LogP contribution in [0.3, 0.4) is 0 Å². The topological polar surface area (TPSA) is 39.2 Å². The van der Waals surface area contributed by atoms with Crippen molar-refractivity contribution >= 4 is 5.78 Å². The Morgan fingerprint density at radius 2 is 2.14 bits per heavy atom. The molecule has 3 heteroatoms. The van der Waals surface area contributed by atoms with Gasteiger partial charge in [0, 0.05) is 24.8 Å². The van der Waals surface area contributed by atoms with Crippen molar-refractivity contribution in [3.05, 3.63) is 23.5 Å². The summed E-state index contributed by atoms with van der Waals surface area (Å²) >= 11 is 0. The SMILES string of the molecule is COc1cc(C(C)=O)ncc1C(C)C. The molecular formula is C11H15NO2. The van der Waals surface area contributed by atoms with Crippen molar-refractivity contribution in [2.45, 2.75) is 26.7 Å². The van der Waals surface area contributed by atoms with Crippen LogP contribution in [0.25, 0.3) is 0 Å². The van der Waals surface area contributed by atoms with Gasteiger partial charge in [-0.25, -0.2) is 0 Å². The first kappa shape index (κ1) is 10.7. The van der Waals surface area contributed by atoms with Gasteiger partial charge in [0.2, 0.25) is 0 Å². The first-order valence-corrected chi connectivity index (χ1v) is 4.61. The van der Waals surface area contributed by atoms with Crippen LogP contribution in [0.4, 0.5) is 0 Å². The first-order chi connectivity index (χ1) is 6.56. The Balaban J connectivity index is 3.18. The highest BCUT2D eigenvalue weighted by atomic mass is 16.5. The normalized spacial score (nSPS) is 10.4. The van der Waals surface area contributed by atoms with Gasteiger partial charge in [0.25, 0.3) is 0 Å².